The van der Waals surface area contributed by atoms with Crippen molar-refractivity contribution in [3.8, 4) is 0 Å². The van der Waals surface area contributed by atoms with Crippen molar-refractivity contribution in [2.75, 3.05) is 13.1 Å². The maximum absolute atomic E-state index is 13.0. The van der Waals surface area contributed by atoms with Gasteiger partial charge in [0.15, 0.2) is 0 Å². The van der Waals surface area contributed by atoms with E-state index < -0.39 is 29.8 Å². The Morgan fingerprint density at radius 3 is 2.23 bits per heavy atom. The number of imidazole rings is 3. The van der Waals surface area contributed by atoms with Crippen LogP contribution in [0.5, 0.6) is 0 Å². The minimum atomic E-state index is -0.944. The first-order valence-corrected chi connectivity index (χ1v) is 9.09. The second-order valence-electron chi connectivity index (χ2n) is 6.27. The Morgan fingerprint density at radius 2 is 1.70 bits per heavy atom. The van der Waals surface area contributed by atoms with Gasteiger partial charge >= 0.3 is 0 Å². The second-order valence-corrected chi connectivity index (χ2v) is 6.27. The van der Waals surface area contributed by atoms with Gasteiger partial charge in [-0.05, 0) is 0 Å². The fourth-order valence-electron chi connectivity index (χ4n) is 2.70. The summed E-state index contributed by atoms with van der Waals surface area (Å²) in [5.74, 6) is -0.541. The van der Waals surface area contributed by atoms with E-state index >= 15 is 0 Å². The van der Waals surface area contributed by atoms with Crippen molar-refractivity contribution in [2.24, 2.45) is 5.73 Å². The van der Waals surface area contributed by atoms with E-state index in [0.29, 0.717) is 17.3 Å². The topological polar surface area (TPSA) is 199 Å². The second kappa shape index (κ2) is 9.97. The lowest BCUT2D eigenvalue weighted by Gasteiger charge is -2.21. The first kappa shape index (κ1) is 20.7. The number of carbonyl (C=O) groups is 3. The van der Waals surface area contributed by atoms with Crippen molar-refractivity contribution in [1.29, 1.82) is 0 Å². The van der Waals surface area contributed by atoms with Crippen LogP contribution in [-0.2, 0) is 20.8 Å². The van der Waals surface area contributed by atoms with E-state index in [2.05, 4.69) is 45.9 Å². The molecule has 3 aromatic heterocycles. The number of nitrogens with two attached hydrogens (primary N) is 1. The van der Waals surface area contributed by atoms with Crippen LogP contribution in [-0.4, -0.2) is 66.8 Å². The molecule has 0 aliphatic rings. The third kappa shape index (κ3) is 5.51. The standard InChI is InChI=1S/C17H22N10O3/c18-6-12(28)24-8-13(29)26-11(5-10-7-19-9-25-10)17(30)27-14(15-20-1-2-21-15)16-22-3-4-23-16/h1-4,7,9,11,14H,5-6,8,18H2,(H,19,25)(H,20,21)(H,22,23)(H,24,28)(H,26,29)(H,27,30)/t11-/m0/s1. The molecule has 0 saturated heterocycles. The molecule has 0 saturated carbocycles. The molecule has 1 atom stereocenters. The van der Waals surface area contributed by atoms with Crippen molar-refractivity contribution < 1.29 is 14.4 Å². The van der Waals surface area contributed by atoms with Crippen LogP contribution in [0.2, 0.25) is 0 Å². The zero-order chi connectivity index (χ0) is 21.3. The van der Waals surface area contributed by atoms with Crippen molar-refractivity contribution in [1.82, 2.24) is 45.9 Å². The number of carbonyl (C=O) groups excluding carboxylic acids is 3. The van der Waals surface area contributed by atoms with E-state index in [1.54, 1.807) is 31.0 Å². The number of rotatable bonds is 10. The van der Waals surface area contributed by atoms with Crippen LogP contribution >= 0.6 is 0 Å². The van der Waals surface area contributed by atoms with Crippen LogP contribution in [0.3, 0.4) is 0 Å². The molecule has 13 nitrogen and oxygen atoms in total. The summed E-state index contributed by atoms with van der Waals surface area (Å²) in [6.45, 7) is -0.540. The van der Waals surface area contributed by atoms with E-state index in [0.717, 1.165) is 0 Å². The predicted octanol–water partition coefficient (Wildman–Crippen LogP) is -2.14. The SMILES string of the molecule is NCC(=O)NCC(=O)N[C@@H](Cc1cnc[nH]1)C(=O)NC(c1ncc[nH]1)c1ncc[nH]1. The summed E-state index contributed by atoms with van der Waals surface area (Å²) in [5, 5.41) is 7.81. The Kier molecular flexibility index (Phi) is 6.89. The number of hydrogen-bond acceptors (Lipinski definition) is 7. The van der Waals surface area contributed by atoms with Crippen LogP contribution in [0.15, 0.2) is 37.3 Å². The van der Waals surface area contributed by atoms with Gasteiger partial charge in [-0.3, -0.25) is 14.4 Å². The van der Waals surface area contributed by atoms with Gasteiger partial charge in [0.2, 0.25) is 17.7 Å². The first-order valence-electron chi connectivity index (χ1n) is 9.09. The lowest BCUT2D eigenvalue weighted by molar-refractivity contribution is -0.129. The van der Waals surface area contributed by atoms with Gasteiger partial charge in [0.25, 0.3) is 0 Å². The smallest absolute Gasteiger partial charge is 0.243 e. The van der Waals surface area contributed by atoms with E-state index in [1.807, 2.05) is 0 Å². The predicted molar refractivity (Wildman–Crippen MR) is 103 cm³/mol. The zero-order valence-corrected chi connectivity index (χ0v) is 15.9. The Hall–Kier alpha value is -4.00. The fourth-order valence-corrected chi connectivity index (χ4v) is 2.70. The number of H-pyrrole nitrogens is 3. The fraction of sp³-hybridized carbons (Fsp3) is 0.294. The Balaban J connectivity index is 1.73. The first-order chi connectivity index (χ1) is 14.6. The molecule has 13 heteroatoms. The number of amides is 3. The normalized spacial score (nSPS) is 11.8. The summed E-state index contributed by atoms with van der Waals surface area (Å²) < 4.78 is 0. The molecular formula is C17H22N10O3. The molecular weight excluding hydrogens is 392 g/mol. The Morgan fingerprint density at radius 1 is 1.00 bits per heavy atom. The van der Waals surface area contributed by atoms with Crippen molar-refractivity contribution >= 4 is 17.7 Å². The molecule has 0 fully saturated rings. The zero-order valence-electron chi connectivity index (χ0n) is 15.9. The number of hydrogen-bond donors (Lipinski definition) is 7. The van der Waals surface area contributed by atoms with Gasteiger partial charge in [-0.25, -0.2) is 15.0 Å². The molecule has 0 unspecified atom stereocenters. The molecule has 0 aliphatic heterocycles. The molecule has 158 valence electrons. The summed E-state index contributed by atoms with van der Waals surface area (Å²) in [7, 11) is 0. The summed E-state index contributed by atoms with van der Waals surface area (Å²) in [6, 6.07) is -1.62. The van der Waals surface area contributed by atoms with Gasteiger partial charge in [0.1, 0.15) is 23.7 Å². The number of nitrogens with zero attached hydrogens (tertiary/aromatic N) is 3. The van der Waals surface area contributed by atoms with Crippen LogP contribution in [0.4, 0.5) is 0 Å². The Labute approximate surface area is 170 Å². The van der Waals surface area contributed by atoms with Crippen molar-refractivity contribution in [3.05, 3.63) is 54.7 Å². The molecule has 0 aromatic carbocycles. The lowest BCUT2D eigenvalue weighted by Crippen LogP contribution is -2.51. The average Bonchev–Trinajstić information content (AvgIpc) is 3.52. The largest absolute Gasteiger partial charge is 0.348 e. The van der Waals surface area contributed by atoms with E-state index in [4.69, 9.17) is 5.73 Å². The van der Waals surface area contributed by atoms with Gasteiger partial charge in [-0.15, -0.1) is 0 Å². The monoisotopic (exact) mass is 414 g/mol. The average molecular weight is 414 g/mol. The number of nitrogens with one attached hydrogen (secondary N) is 6. The maximum Gasteiger partial charge on any atom is 0.243 e. The van der Waals surface area contributed by atoms with Gasteiger partial charge in [-0.2, -0.15) is 0 Å². The summed E-state index contributed by atoms with van der Waals surface area (Å²) >= 11 is 0. The van der Waals surface area contributed by atoms with Crippen LogP contribution in [0, 0.1) is 0 Å². The van der Waals surface area contributed by atoms with Gasteiger partial charge in [-0.1, -0.05) is 0 Å². The molecule has 3 rings (SSSR count). The summed E-state index contributed by atoms with van der Waals surface area (Å²) in [6.07, 6.45) is 9.55. The molecule has 30 heavy (non-hydrogen) atoms. The van der Waals surface area contributed by atoms with E-state index in [-0.39, 0.29) is 19.5 Å². The molecule has 3 amide bonds. The van der Waals surface area contributed by atoms with Gasteiger partial charge in [0.05, 0.1) is 19.4 Å². The number of aromatic nitrogens is 6. The minimum absolute atomic E-state index is 0.158. The van der Waals surface area contributed by atoms with E-state index in [1.165, 1.54) is 6.33 Å². The third-order valence-corrected chi connectivity index (χ3v) is 4.13. The highest BCUT2D eigenvalue weighted by atomic mass is 16.2. The third-order valence-electron chi connectivity index (χ3n) is 4.13. The molecule has 3 heterocycles. The summed E-state index contributed by atoms with van der Waals surface area (Å²) in [4.78, 5) is 57.7. The molecule has 0 radical (unpaired) electrons. The maximum atomic E-state index is 13.0. The van der Waals surface area contributed by atoms with Crippen LogP contribution in [0.25, 0.3) is 0 Å². The highest BCUT2D eigenvalue weighted by Gasteiger charge is 2.28. The molecule has 3 aromatic rings. The van der Waals surface area contributed by atoms with E-state index in [9.17, 15) is 14.4 Å². The minimum Gasteiger partial charge on any atom is -0.348 e. The Bertz CT molecular complexity index is 903. The molecule has 0 spiro atoms. The van der Waals surface area contributed by atoms with Crippen molar-refractivity contribution in [2.45, 2.75) is 18.5 Å². The van der Waals surface area contributed by atoms with Crippen LogP contribution in [0.1, 0.15) is 23.4 Å². The van der Waals surface area contributed by atoms with Gasteiger partial charge in [0, 0.05) is 43.1 Å². The molecule has 8 N–H and O–H groups in total. The lowest BCUT2D eigenvalue weighted by atomic mass is 10.1. The highest BCUT2D eigenvalue weighted by molar-refractivity contribution is 5.90. The van der Waals surface area contributed by atoms with Crippen LogP contribution < -0.4 is 21.7 Å². The number of aromatic amines is 3. The summed E-state index contributed by atoms with van der Waals surface area (Å²) in [5.41, 5.74) is 5.86. The highest BCUT2D eigenvalue weighted by Crippen LogP contribution is 2.15. The van der Waals surface area contributed by atoms with Gasteiger partial charge < -0.3 is 36.6 Å². The quantitative estimate of drug-likeness (QED) is 0.196. The van der Waals surface area contributed by atoms with Crippen molar-refractivity contribution in [3.63, 3.8) is 0 Å². The molecule has 0 aliphatic carbocycles. The molecule has 0 bridgehead atoms.